The number of aliphatic hydroxyl groups excluding tert-OH is 1. The Hall–Kier alpha value is -1.05. The van der Waals surface area contributed by atoms with Crippen LogP contribution in [0, 0.1) is 0 Å². The van der Waals surface area contributed by atoms with E-state index >= 15 is 0 Å². The van der Waals surface area contributed by atoms with Gasteiger partial charge in [0.25, 0.3) is 0 Å². The van der Waals surface area contributed by atoms with Crippen molar-refractivity contribution >= 4 is 6.21 Å². The SMILES string of the molecule is C=C/C=N\C=C/O. The van der Waals surface area contributed by atoms with Gasteiger partial charge in [-0.15, -0.1) is 0 Å². The number of aliphatic hydroxyl groups is 1. The largest absolute Gasteiger partial charge is 0.514 e. The first-order valence-electron chi connectivity index (χ1n) is 1.85. The number of hydrogen-bond acceptors (Lipinski definition) is 2. The lowest BCUT2D eigenvalue weighted by atomic mass is 10.7. The van der Waals surface area contributed by atoms with Crippen molar-refractivity contribution in [2.75, 3.05) is 0 Å². The van der Waals surface area contributed by atoms with Crippen molar-refractivity contribution in [3.63, 3.8) is 0 Å². The summed E-state index contributed by atoms with van der Waals surface area (Å²) in [4.78, 5) is 3.53. The molecule has 0 spiro atoms. The van der Waals surface area contributed by atoms with E-state index in [1.807, 2.05) is 0 Å². The van der Waals surface area contributed by atoms with Gasteiger partial charge < -0.3 is 5.11 Å². The molecule has 0 amide bonds. The summed E-state index contributed by atoms with van der Waals surface area (Å²) >= 11 is 0. The minimum Gasteiger partial charge on any atom is -0.514 e. The van der Waals surface area contributed by atoms with Gasteiger partial charge in [-0.25, -0.2) is 0 Å². The minimum atomic E-state index is 0.861. The highest BCUT2D eigenvalue weighted by Crippen LogP contribution is 1.66. The molecule has 0 radical (unpaired) electrons. The second-order valence-corrected chi connectivity index (χ2v) is 0.832. The Labute approximate surface area is 42.5 Å². The number of allylic oxidation sites excluding steroid dienone is 1. The van der Waals surface area contributed by atoms with Gasteiger partial charge in [0.2, 0.25) is 0 Å². The minimum absolute atomic E-state index is 0.861. The van der Waals surface area contributed by atoms with Crippen LogP contribution in [0.1, 0.15) is 0 Å². The first kappa shape index (κ1) is 5.95. The fourth-order valence-corrected chi connectivity index (χ4v) is 0.149. The summed E-state index contributed by atoms with van der Waals surface area (Å²) in [7, 11) is 0. The van der Waals surface area contributed by atoms with E-state index in [1.165, 1.54) is 18.5 Å². The molecule has 0 rings (SSSR count). The van der Waals surface area contributed by atoms with E-state index in [2.05, 4.69) is 11.6 Å². The van der Waals surface area contributed by atoms with Gasteiger partial charge in [0, 0.05) is 6.21 Å². The molecule has 0 aromatic heterocycles. The Bertz CT molecular complexity index is 94.3. The fourth-order valence-electron chi connectivity index (χ4n) is 0.149. The average molecular weight is 97.1 g/mol. The van der Waals surface area contributed by atoms with Crippen molar-refractivity contribution in [1.82, 2.24) is 0 Å². The average Bonchev–Trinajstić information content (AvgIpc) is 1.69. The molecule has 0 unspecified atom stereocenters. The van der Waals surface area contributed by atoms with Gasteiger partial charge in [0.15, 0.2) is 0 Å². The number of rotatable bonds is 2. The van der Waals surface area contributed by atoms with E-state index in [0.717, 1.165) is 6.26 Å². The van der Waals surface area contributed by atoms with Gasteiger partial charge in [-0.2, -0.15) is 0 Å². The Morgan fingerprint density at radius 3 is 2.71 bits per heavy atom. The quantitative estimate of drug-likeness (QED) is 0.408. The third kappa shape index (κ3) is 4.95. The first-order valence-corrected chi connectivity index (χ1v) is 1.85. The molecule has 1 N–H and O–H groups in total. The lowest BCUT2D eigenvalue weighted by Gasteiger charge is -1.66. The monoisotopic (exact) mass is 97.1 g/mol. The van der Waals surface area contributed by atoms with Crippen molar-refractivity contribution in [2.24, 2.45) is 4.99 Å². The molecule has 0 aromatic carbocycles. The fraction of sp³-hybridized carbons (Fsp3) is 0. The normalized spacial score (nSPS) is 10.9. The smallest absolute Gasteiger partial charge is 0.0974 e. The van der Waals surface area contributed by atoms with Crippen LogP contribution in [0.3, 0.4) is 0 Å². The molecule has 0 saturated carbocycles. The van der Waals surface area contributed by atoms with Crippen LogP contribution in [0.25, 0.3) is 0 Å². The molecule has 2 nitrogen and oxygen atoms in total. The molecule has 0 aromatic rings. The van der Waals surface area contributed by atoms with Crippen LogP contribution < -0.4 is 0 Å². The third-order valence-corrected chi connectivity index (χ3v) is 0.344. The van der Waals surface area contributed by atoms with E-state index in [0.29, 0.717) is 0 Å². The molecule has 0 fully saturated rings. The molecule has 7 heavy (non-hydrogen) atoms. The highest BCUT2D eigenvalue weighted by atomic mass is 16.2. The van der Waals surface area contributed by atoms with Crippen molar-refractivity contribution in [3.8, 4) is 0 Å². The summed E-state index contributed by atoms with van der Waals surface area (Å²) in [5, 5.41) is 7.96. The van der Waals surface area contributed by atoms with Crippen LogP contribution in [-0.4, -0.2) is 11.3 Å². The molecule has 0 heterocycles. The Morgan fingerprint density at radius 1 is 1.57 bits per heavy atom. The molecule has 0 atom stereocenters. The zero-order valence-corrected chi connectivity index (χ0v) is 3.91. The maximum absolute atomic E-state index is 7.96. The topological polar surface area (TPSA) is 32.6 Å². The van der Waals surface area contributed by atoms with Gasteiger partial charge in [-0.3, -0.25) is 4.99 Å². The van der Waals surface area contributed by atoms with E-state index in [9.17, 15) is 0 Å². The van der Waals surface area contributed by atoms with Crippen LogP contribution in [-0.2, 0) is 0 Å². The standard InChI is InChI=1S/C5H7NO/c1-2-3-6-4-5-7/h2-5,7H,1H2/b5-4-,6-3-. The Kier molecular flexibility index (Phi) is 4.21. The lowest BCUT2D eigenvalue weighted by molar-refractivity contribution is 0.472. The van der Waals surface area contributed by atoms with Gasteiger partial charge in [-0.1, -0.05) is 12.7 Å². The first-order chi connectivity index (χ1) is 3.41. The third-order valence-electron chi connectivity index (χ3n) is 0.344. The van der Waals surface area contributed by atoms with Crippen LogP contribution in [0.5, 0.6) is 0 Å². The van der Waals surface area contributed by atoms with Gasteiger partial charge in [-0.05, 0) is 0 Å². The van der Waals surface area contributed by atoms with Crippen molar-refractivity contribution in [2.45, 2.75) is 0 Å². The number of hydrogen-bond donors (Lipinski definition) is 1. The molecule has 0 aliphatic heterocycles. The predicted octanol–water partition coefficient (Wildman–Crippen LogP) is 1.27. The maximum atomic E-state index is 7.96. The zero-order chi connectivity index (χ0) is 5.54. The summed E-state index contributed by atoms with van der Waals surface area (Å²) in [5.41, 5.74) is 0. The molecule has 38 valence electrons. The molecular weight excluding hydrogens is 90.1 g/mol. The van der Waals surface area contributed by atoms with E-state index in [-0.39, 0.29) is 0 Å². The van der Waals surface area contributed by atoms with Gasteiger partial charge in [0.05, 0.1) is 12.5 Å². The second-order valence-electron chi connectivity index (χ2n) is 0.832. The van der Waals surface area contributed by atoms with Crippen LogP contribution in [0.2, 0.25) is 0 Å². The summed E-state index contributed by atoms with van der Waals surface area (Å²) in [6.45, 7) is 3.37. The van der Waals surface area contributed by atoms with Crippen molar-refractivity contribution < 1.29 is 5.11 Å². The lowest BCUT2D eigenvalue weighted by Crippen LogP contribution is -1.55. The van der Waals surface area contributed by atoms with Crippen molar-refractivity contribution in [1.29, 1.82) is 0 Å². The zero-order valence-electron chi connectivity index (χ0n) is 3.91. The molecular formula is C5H7NO. The molecule has 0 aliphatic rings. The second kappa shape index (κ2) is 4.95. The maximum Gasteiger partial charge on any atom is 0.0974 e. The summed E-state index contributed by atoms with van der Waals surface area (Å²) in [5.74, 6) is 0. The molecule has 0 saturated heterocycles. The van der Waals surface area contributed by atoms with E-state index in [1.54, 1.807) is 0 Å². The van der Waals surface area contributed by atoms with E-state index < -0.39 is 0 Å². The van der Waals surface area contributed by atoms with Crippen molar-refractivity contribution in [3.05, 3.63) is 25.1 Å². The Balaban J connectivity index is 3.27. The summed E-state index contributed by atoms with van der Waals surface area (Å²) in [6.07, 6.45) is 5.13. The van der Waals surface area contributed by atoms with E-state index in [4.69, 9.17) is 5.11 Å². The number of nitrogens with zero attached hydrogens (tertiary/aromatic N) is 1. The summed E-state index contributed by atoms with van der Waals surface area (Å²) < 4.78 is 0. The highest BCUT2D eigenvalue weighted by Gasteiger charge is 1.53. The molecule has 0 aliphatic carbocycles. The summed E-state index contributed by atoms with van der Waals surface area (Å²) in [6, 6.07) is 0. The highest BCUT2D eigenvalue weighted by molar-refractivity contribution is 5.70. The number of aliphatic imine (C=N–C) groups is 1. The Morgan fingerprint density at radius 2 is 2.29 bits per heavy atom. The predicted molar refractivity (Wildman–Crippen MR) is 30.5 cm³/mol. The van der Waals surface area contributed by atoms with Crippen LogP contribution >= 0.6 is 0 Å². The molecule has 2 heteroatoms. The molecule has 0 bridgehead atoms. The van der Waals surface area contributed by atoms with Crippen LogP contribution in [0.4, 0.5) is 0 Å². The van der Waals surface area contributed by atoms with Gasteiger partial charge >= 0.3 is 0 Å². The van der Waals surface area contributed by atoms with Gasteiger partial charge in [0.1, 0.15) is 0 Å². The van der Waals surface area contributed by atoms with Crippen LogP contribution in [0.15, 0.2) is 30.1 Å².